The summed E-state index contributed by atoms with van der Waals surface area (Å²) >= 11 is 0. The van der Waals surface area contributed by atoms with Gasteiger partial charge in [-0.05, 0) is 43.0 Å². The highest BCUT2D eigenvalue weighted by atomic mass is 16.5. The molecule has 0 saturated heterocycles. The highest BCUT2D eigenvalue weighted by Gasteiger charge is 2.18. The molecule has 1 aromatic rings. The third kappa shape index (κ3) is 4.93. The van der Waals surface area contributed by atoms with E-state index in [1.807, 2.05) is 0 Å². The highest BCUT2D eigenvalue weighted by molar-refractivity contribution is 5.97. The number of amidine groups is 1. The number of benzene rings is 1. The average molecular weight is 292 g/mol. The van der Waals surface area contributed by atoms with Crippen molar-refractivity contribution >= 4 is 5.84 Å². The van der Waals surface area contributed by atoms with Crippen LogP contribution in [0.25, 0.3) is 0 Å². The number of nitrogens with two attached hydrogens (primary N) is 1. The molecule has 1 saturated carbocycles. The maximum absolute atomic E-state index is 8.59. The summed E-state index contributed by atoms with van der Waals surface area (Å²) in [6.45, 7) is 3.43. The Balaban J connectivity index is 1.69. The van der Waals surface area contributed by atoms with Crippen LogP contribution in [-0.2, 0) is 4.74 Å². The van der Waals surface area contributed by atoms with E-state index in [4.69, 9.17) is 20.4 Å². The zero-order valence-electron chi connectivity index (χ0n) is 12.5. The van der Waals surface area contributed by atoms with Crippen LogP contribution in [0.4, 0.5) is 0 Å². The maximum atomic E-state index is 8.59. The summed E-state index contributed by atoms with van der Waals surface area (Å²) in [5, 5.41) is 11.5. The Morgan fingerprint density at radius 2 is 2.05 bits per heavy atom. The van der Waals surface area contributed by atoms with Gasteiger partial charge in [-0.25, -0.2) is 0 Å². The van der Waals surface area contributed by atoms with Gasteiger partial charge in [0.05, 0.1) is 12.7 Å². The van der Waals surface area contributed by atoms with Crippen molar-refractivity contribution < 1.29 is 14.7 Å². The minimum atomic E-state index is 0.0938. The van der Waals surface area contributed by atoms with E-state index in [-0.39, 0.29) is 5.84 Å². The lowest BCUT2D eigenvalue weighted by Crippen LogP contribution is -2.23. The second-order valence-electron chi connectivity index (χ2n) is 5.62. The minimum absolute atomic E-state index is 0.0938. The SMILES string of the molecule is CC1CCCC(OCCOc2ccc(/C(N)=N/O)cc2)C1. The molecular weight excluding hydrogens is 268 g/mol. The maximum Gasteiger partial charge on any atom is 0.170 e. The van der Waals surface area contributed by atoms with E-state index in [0.717, 1.165) is 18.1 Å². The fraction of sp³-hybridized carbons (Fsp3) is 0.562. The van der Waals surface area contributed by atoms with Crippen LogP contribution >= 0.6 is 0 Å². The van der Waals surface area contributed by atoms with Crippen LogP contribution in [0.5, 0.6) is 5.75 Å². The van der Waals surface area contributed by atoms with Crippen LogP contribution in [0.2, 0.25) is 0 Å². The van der Waals surface area contributed by atoms with E-state index in [9.17, 15) is 0 Å². The summed E-state index contributed by atoms with van der Waals surface area (Å²) in [7, 11) is 0. The van der Waals surface area contributed by atoms with Crippen molar-refractivity contribution in [1.29, 1.82) is 0 Å². The first-order chi connectivity index (χ1) is 10.2. The van der Waals surface area contributed by atoms with Crippen molar-refractivity contribution in [3.63, 3.8) is 0 Å². The van der Waals surface area contributed by atoms with Crippen LogP contribution in [0.15, 0.2) is 29.4 Å². The largest absolute Gasteiger partial charge is 0.491 e. The van der Waals surface area contributed by atoms with Gasteiger partial charge in [-0.2, -0.15) is 0 Å². The fourth-order valence-corrected chi connectivity index (χ4v) is 2.68. The van der Waals surface area contributed by atoms with E-state index in [2.05, 4.69) is 12.1 Å². The number of ether oxygens (including phenoxy) is 2. The second kappa shape index (κ2) is 7.88. The lowest BCUT2D eigenvalue weighted by Gasteiger charge is -2.26. The van der Waals surface area contributed by atoms with E-state index in [0.29, 0.717) is 24.9 Å². The highest BCUT2D eigenvalue weighted by Crippen LogP contribution is 2.25. The van der Waals surface area contributed by atoms with Gasteiger partial charge in [-0.3, -0.25) is 0 Å². The molecule has 2 atom stereocenters. The van der Waals surface area contributed by atoms with Gasteiger partial charge in [0.1, 0.15) is 12.4 Å². The molecule has 0 radical (unpaired) electrons. The van der Waals surface area contributed by atoms with Gasteiger partial charge in [-0.1, -0.05) is 24.9 Å². The minimum Gasteiger partial charge on any atom is -0.491 e. The molecule has 5 heteroatoms. The molecule has 21 heavy (non-hydrogen) atoms. The molecule has 2 unspecified atom stereocenters. The lowest BCUT2D eigenvalue weighted by atomic mass is 9.89. The lowest BCUT2D eigenvalue weighted by molar-refractivity contribution is 0.00196. The molecule has 116 valence electrons. The zero-order valence-corrected chi connectivity index (χ0v) is 12.5. The Morgan fingerprint density at radius 1 is 1.29 bits per heavy atom. The van der Waals surface area contributed by atoms with Crippen LogP contribution < -0.4 is 10.5 Å². The summed E-state index contributed by atoms with van der Waals surface area (Å²) in [6, 6.07) is 7.12. The van der Waals surface area contributed by atoms with Crippen molar-refractivity contribution in [2.75, 3.05) is 13.2 Å². The Hall–Kier alpha value is -1.75. The summed E-state index contributed by atoms with van der Waals surface area (Å²) in [5.41, 5.74) is 6.16. The second-order valence-corrected chi connectivity index (χ2v) is 5.62. The first-order valence-corrected chi connectivity index (χ1v) is 7.51. The summed E-state index contributed by atoms with van der Waals surface area (Å²) < 4.78 is 11.5. The first-order valence-electron chi connectivity index (χ1n) is 7.51. The van der Waals surface area contributed by atoms with Gasteiger partial charge in [0.15, 0.2) is 5.84 Å². The standard InChI is InChI=1S/C16H24N2O3/c1-12-3-2-4-15(11-12)21-10-9-20-14-7-5-13(6-8-14)16(17)18-19/h5-8,12,15,19H,2-4,9-11H2,1H3,(H2,17,18). The molecule has 0 aromatic heterocycles. The Kier molecular flexibility index (Phi) is 5.87. The van der Waals surface area contributed by atoms with Crippen molar-refractivity contribution in [3.8, 4) is 5.75 Å². The molecule has 0 heterocycles. The molecule has 2 rings (SSSR count). The topological polar surface area (TPSA) is 77.1 Å². The number of oxime groups is 1. The predicted octanol–water partition coefficient (Wildman–Crippen LogP) is 2.76. The van der Waals surface area contributed by atoms with Gasteiger partial charge in [0.25, 0.3) is 0 Å². The molecule has 1 aliphatic carbocycles. The molecular formula is C16H24N2O3. The van der Waals surface area contributed by atoms with Gasteiger partial charge in [0, 0.05) is 5.56 Å². The first kappa shape index (κ1) is 15.6. The van der Waals surface area contributed by atoms with Crippen LogP contribution in [0.3, 0.4) is 0 Å². The fourth-order valence-electron chi connectivity index (χ4n) is 2.68. The molecule has 3 N–H and O–H groups in total. The molecule has 0 bridgehead atoms. The van der Waals surface area contributed by atoms with Crippen LogP contribution in [-0.4, -0.2) is 30.4 Å². The molecule has 0 aliphatic heterocycles. The van der Waals surface area contributed by atoms with Gasteiger partial charge in [-0.15, -0.1) is 0 Å². The third-order valence-corrected chi connectivity index (χ3v) is 3.85. The predicted molar refractivity (Wildman–Crippen MR) is 81.8 cm³/mol. The van der Waals surface area contributed by atoms with E-state index >= 15 is 0 Å². The monoisotopic (exact) mass is 292 g/mol. The van der Waals surface area contributed by atoms with Crippen molar-refractivity contribution in [2.45, 2.75) is 38.7 Å². The summed E-state index contributed by atoms with van der Waals surface area (Å²) in [5.74, 6) is 1.62. The summed E-state index contributed by atoms with van der Waals surface area (Å²) in [6.07, 6.45) is 5.30. The smallest absolute Gasteiger partial charge is 0.170 e. The Bertz CT molecular complexity index is 459. The van der Waals surface area contributed by atoms with E-state index < -0.39 is 0 Å². The van der Waals surface area contributed by atoms with Crippen molar-refractivity contribution in [3.05, 3.63) is 29.8 Å². The van der Waals surface area contributed by atoms with Gasteiger partial charge < -0.3 is 20.4 Å². The Labute approximate surface area is 125 Å². The molecule has 0 amide bonds. The van der Waals surface area contributed by atoms with E-state index in [1.165, 1.54) is 19.3 Å². The van der Waals surface area contributed by atoms with Gasteiger partial charge >= 0.3 is 0 Å². The van der Waals surface area contributed by atoms with Crippen LogP contribution in [0, 0.1) is 5.92 Å². The number of nitrogens with zero attached hydrogens (tertiary/aromatic N) is 1. The normalized spacial score (nSPS) is 23.0. The zero-order chi connectivity index (χ0) is 15.1. The molecule has 1 aromatic carbocycles. The summed E-state index contributed by atoms with van der Waals surface area (Å²) in [4.78, 5) is 0. The van der Waals surface area contributed by atoms with Gasteiger partial charge in [0.2, 0.25) is 0 Å². The molecule has 1 fully saturated rings. The van der Waals surface area contributed by atoms with Crippen LogP contribution in [0.1, 0.15) is 38.2 Å². The molecule has 0 spiro atoms. The number of hydrogen-bond donors (Lipinski definition) is 2. The molecule has 1 aliphatic rings. The van der Waals surface area contributed by atoms with Crippen molar-refractivity contribution in [2.24, 2.45) is 16.8 Å². The third-order valence-electron chi connectivity index (χ3n) is 3.85. The number of hydrogen-bond acceptors (Lipinski definition) is 4. The average Bonchev–Trinajstić information content (AvgIpc) is 2.51. The Morgan fingerprint density at radius 3 is 2.71 bits per heavy atom. The van der Waals surface area contributed by atoms with Crippen molar-refractivity contribution in [1.82, 2.24) is 0 Å². The van der Waals surface area contributed by atoms with E-state index in [1.54, 1.807) is 24.3 Å². The number of rotatable bonds is 6. The quantitative estimate of drug-likeness (QED) is 0.278. The molecule has 5 nitrogen and oxygen atoms in total.